The molecule has 1 unspecified atom stereocenters. The molecule has 1 aromatic carbocycles. The highest BCUT2D eigenvalue weighted by Gasteiger charge is 2.31. The van der Waals surface area contributed by atoms with E-state index in [0.717, 1.165) is 12.1 Å². The van der Waals surface area contributed by atoms with Crippen LogP contribution in [0, 0.1) is 17.7 Å². The lowest BCUT2D eigenvalue weighted by molar-refractivity contribution is -0.142. The standard InChI is InChI=1S/C13H15F4NO2/c1-7(2)9(12(19)20)6-18-11-4-3-8(5-10(11)14)13(15,16)17/h3-5,7,9,18H,6H2,1-2H3,(H,19,20). The van der Waals surface area contributed by atoms with Gasteiger partial charge in [-0.25, -0.2) is 4.39 Å². The van der Waals surface area contributed by atoms with Crippen molar-refractivity contribution in [1.82, 2.24) is 0 Å². The molecule has 0 amide bonds. The van der Waals surface area contributed by atoms with Crippen molar-refractivity contribution in [1.29, 1.82) is 0 Å². The molecule has 1 aromatic rings. The third-order valence-corrected chi connectivity index (χ3v) is 2.93. The molecule has 7 heteroatoms. The summed E-state index contributed by atoms with van der Waals surface area (Å²) in [4.78, 5) is 11.0. The van der Waals surface area contributed by atoms with E-state index in [1.165, 1.54) is 0 Å². The number of aliphatic carboxylic acids is 1. The molecule has 0 aromatic heterocycles. The smallest absolute Gasteiger partial charge is 0.416 e. The Labute approximate surface area is 113 Å². The zero-order valence-corrected chi connectivity index (χ0v) is 11.0. The monoisotopic (exact) mass is 293 g/mol. The molecule has 0 bridgehead atoms. The topological polar surface area (TPSA) is 49.3 Å². The van der Waals surface area contributed by atoms with Gasteiger partial charge in [0.15, 0.2) is 0 Å². The van der Waals surface area contributed by atoms with Gasteiger partial charge in [-0.2, -0.15) is 13.2 Å². The fraction of sp³-hybridized carbons (Fsp3) is 0.462. The van der Waals surface area contributed by atoms with Gasteiger partial charge in [-0.1, -0.05) is 13.8 Å². The van der Waals surface area contributed by atoms with Crippen molar-refractivity contribution >= 4 is 11.7 Å². The van der Waals surface area contributed by atoms with Crippen LogP contribution < -0.4 is 5.32 Å². The maximum atomic E-state index is 13.5. The zero-order chi connectivity index (χ0) is 15.5. The molecule has 1 rings (SSSR count). The van der Waals surface area contributed by atoms with Crippen molar-refractivity contribution in [3.8, 4) is 0 Å². The average Bonchev–Trinajstić information content (AvgIpc) is 2.28. The van der Waals surface area contributed by atoms with Crippen molar-refractivity contribution in [2.75, 3.05) is 11.9 Å². The molecule has 20 heavy (non-hydrogen) atoms. The second-order valence-electron chi connectivity index (χ2n) is 4.76. The van der Waals surface area contributed by atoms with Gasteiger partial charge >= 0.3 is 12.1 Å². The minimum Gasteiger partial charge on any atom is -0.481 e. The molecule has 2 N–H and O–H groups in total. The predicted molar refractivity (Wildman–Crippen MR) is 65.9 cm³/mol. The molecule has 0 spiro atoms. The van der Waals surface area contributed by atoms with E-state index in [9.17, 15) is 22.4 Å². The van der Waals surface area contributed by atoms with Gasteiger partial charge in [-0.05, 0) is 24.1 Å². The Morgan fingerprint density at radius 3 is 2.35 bits per heavy atom. The van der Waals surface area contributed by atoms with Crippen LogP contribution in [-0.2, 0) is 11.0 Å². The van der Waals surface area contributed by atoms with E-state index in [0.29, 0.717) is 6.07 Å². The fourth-order valence-corrected chi connectivity index (χ4v) is 1.66. The summed E-state index contributed by atoms with van der Waals surface area (Å²) in [6.45, 7) is 3.34. The number of carboxylic acid groups (broad SMARTS) is 1. The fourth-order valence-electron chi connectivity index (χ4n) is 1.66. The maximum absolute atomic E-state index is 13.5. The summed E-state index contributed by atoms with van der Waals surface area (Å²) in [7, 11) is 0. The molecule has 0 heterocycles. The Balaban J connectivity index is 2.82. The second kappa shape index (κ2) is 6.11. The molecule has 1 atom stereocenters. The lowest BCUT2D eigenvalue weighted by atomic mass is 9.96. The Morgan fingerprint density at radius 2 is 1.95 bits per heavy atom. The highest BCUT2D eigenvalue weighted by molar-refractivity contribution is 5.71. The van der Waals surface area contributed by atoms with Gasteiger partial charge in [-0.3, -0.25) is 4.79 Å². The van der Waals surface area contributed by atoms with Crippen LogP contribution >= 0.6 is 0 Å². The number of benzene rings is 1. The third kappa shape index (κ3) is 4.11. The SMILES string of the molecule is CC(C)C(CNc1ccc(C(F)(F)F)cc1F)C(=O)O. The van der Waals surface area contributed by atoms with E-state index >= 15 is 0 Å². The zero-order valence-electron chi connectivity index (χ0n) is 11.0. The summed E-state index contributed by atoms with van der Waals surface area (Å²) < 4.78 is 50.6. The third-order valence-electron chi connectivity index (χ3n) is 2.93. The first-order valence-electron chi connectivity index (χ1n) is 5.96. The molecule has 0 aliphatic rings. The minimum atomic E-state index is -4.61. The van der Waals surface area contributed by atoms with Crippen LogP contribution in [0.4, 0.5) is 23.2 Å². The number of anilines is 1. The number of carboxylic acids is 1. The Kier molecular flexibility index (Phi) is 4.97. The first-order valence-corrected chi connectivity index (χ1v) is 5.96. The van der Waals surface area contributed by atoms with Crippen molar-refractivity contribution in [2.45, 2.75) is 20.0 Å². The van der Waals surface area contributed by atoms with E-state index in [1.807, 2.05) is 0 Å². The van der Waals surface area contributed by atoms with Crippen LogP contribution in [0.25, 0.3) is 0 Å². The molecule has 0 radical (unpaired) electrons. The van der Waals surface area contributed by atoms with Crippen LogP contribution in [-0.4, -0.2) is 17.6 Å². The van der Waals surface area contributed by atoms with Gasteiger partial charge in [-0.15, -0.1) is 0 Å². The molecule has 3 nitrogen and oxygen atoms in total. The van der Waals surface area contributed by atoms with Crippen molar-refractivity contribution in [3.05, 3.63) is 29.6 Å². The molecule has 112 valence electrons. The van der Waals surface area contributed by atoms with Crippen molar-refractivity contribution < 1.29 is 27.5 Å². The molecular formula is C13H15F4NO2. The van der Waals surface area contributed by atoms with Crippen LogP contribution in [0.15, 0.2) is 18.2 Å². The van der Waals surface area contributed by atoms with Crippen LogP contribution in [0.1, 0.15) is 19.4 Å². The highest BCUT2D eigenvalue weighted by atomic mass is 19.4. The number of rotatable bonds is 5. The molecule has 0 saturated carbocycles. The van der Waals surface area contributed by atoms with Gasteiger partial charge < -0.3 is 10.4 Å². The number of carbonyl (C=O) groups is 1. The first kappa shape index (κ1) is 16.3. The number of alkyl halides is 3. The molecule has 0 aliphatic heterocycles. The number of nitrogens with one attached hydrogen (secondary N) is 1. The second-order valence-corrected chi connectivity index (χ2v) is 4.76. The summed E-state index contributed by atoms with van der Waals surface area (Å²) in [6, 6.07) is 2.08. The van der Waals surface area contributed by atoms with Crippen molar-refractivity contribution in [2.24, 2.45) is 11.8 Å². The molecule has 0 saturated heterocycles. The summed E-state index contributed by atoms with van der Waals surface area (Å²) in [5.74, 6) is -3.04. The Morgan fingerprint density at radius 1 is 1.35 bits per heavy atom. The maximum Gasteiger partial charge on any atom is 0.416 e. The van der Waals surface area contributed by atoms with E-state index in [-0.39, 0.29) is 18.2 Å². The van der Waals surface area contributed by atoms with Crippen LogP contribution in [0.2, 0.25) is 0 Å². The Bertz CT molecular complexity index is 486. The van der Waals surface area contributed by atoms with Crippen LogP contribution in [0.5, 0.6) is 0 Å². The lowest BCUT2D eigenvalue weighted by Crippen LogP contribution is -2.27. The average molecular weight is 293 g/mol. The van der Waals surface area contributed by atoms with Crippen LogP contribution in [0.3, 0.4) is 0 Å². The predicted octanol–water partition coefficient (Wildman–Crippen LogP) is 3.61. The van der Waals surface area contributed by atoms with Gasteiger partial charge in [0, 0.05) is 6.54 Å². The molecule has 0 aliphatic carbocycles. The van der Waals surface area contributed by atoms with Gasteiger partial charge in [0.25, 0.3) is 0 Å². The highest BCUT2D eigenvalue weighted by Crippen LogP contribution is 2.31. The molecular weight excluding hydrogens is 278 g/mol. The quantitative estimate of drug-likeness (QED) is 0.815. The van der Waals surface area contributed by atoms with E-state index in [2.05, 4.69) is 5.32 Å². The van der Waals surface area contributed by atoms with Gasteiger partial charge in [0.05, 0.1) is 17.2 Å². The van der Waals surface area contributed by atoms with Gasteiger partial charge in [0.2, 0.25) is 0 Å². The van der Waals surface area contributed by atoms with Crippen molar-refractivity contribution in [3.63, 3.8) is 0 Å². The lowest BCUT2D eigenvalue weighted by Gasteiger charge is -2.18. The number of hydrogen-bond donors (Lipinski definition) is 2. The largest absolute Gasteiger partial charge is 0.481 e. The summed E-state index contributed by atoms with van der Waals surface area (Å²) in [6.07, 6.45) is -4.61. The summed E-state index contributed by atoms with van der Waals surface area (Å²) >= 11 is 0. The Hall–Kier alpha value is -1.79. The normalized spacial score (nSPS) is 13.3. The van der Waals surface area contributed by atoms with Gasteiger partial charge in [0.1, 0.15) is 5.82 Å². The van der Waals surface area contributed by atoms with E-state index < -0.39 is 29.4 Å². The van der Waals surface area contributed by atoms with E-state index in [1.54, 1.807) is 13.8 Å². The first-order chi connectivity index (χ1) is 9.12. The molecule has 0 fully saturated rings. The summed E-state index contributed by atoms with van der Waals surface area (Å²) in [5, 5.41) is 11.5. The number of hydrogen-bond acceptors (Lipinski definition) is 2. The minimum absolute atomic E-state index is 0.0602. The van der Waals surface area contributed by atoms with E-state index in [4.69, 9.17) is 5.11 Å². The number of halogens is 4. The summed E-state index contributed by atoms with van der Waals surface area (Å²) in [5.41, 5.74) is -1.23.